The number of benzene rings is 1. The Morgan fingerprint density at radius 3 is 2.76 bits per heavy atom. The van der Waals surface area contributed by atoms with Gasteiger partial charge in [0.05, 0.1) is 0 Å². The quantitative estimate of drug-likeness (QED) is 0.416. The molecule has 0 aliphatic rings. The van der Waals surface area contributed by atoms with E-state index in [0.717, 1.165) is 12.8 Å². The Balaban J connectivity index is 2.40. The second-order valence-corrected chi connectivity index (χ2v) is 5.12. The summed E-state index contributed by atoms with van der Waals surface area (Å²) in [6.07, 6.45) is 9.99. The zero-order valence-corrected chi connectivity index (χ0v) is 11.5. The molecular weight excluding hydrogens is 226 g/mol. The van der Waals surface area contributed by atoms with E-state index in [1.807, 2.05) is 6.08 Å². The Bertz CT molecular complexity index is 335. The lowest BCUT2D eigenvalue weighted by atomic mass is 10.0. The number of nitrogens with two attached hydrogens (primary N) is 1. The Labute approximate surface area is 109 Å². The van der Waals surface area contributed by atoms with E-state index in [9.17, 15) is 0 Å². The minimum atomic E-state index is 0.183. The van der Waals surface area contributed by atoms with Crippen LogP contribution in [0.5, 0.6) is 0 Å². The molecule has 0 aromatic heterocycles. The van der Waals surface area contributed by atoms with Crippen molar-refractivity contribution in [2.45, 2.75) is 43.0 Å². The average Bonchev–Trinajstić information content (AvgIpc) is 2.38. The molecule has 1 aromatic rings. The van der Waals surface area contributed by atoms with Gasteiger partial charge >= 0.3 is 0 Å². The lowest BCUT2D eigenvalue weighted by Gasteiger charge is -2.15. The molecule has 0 heterocycles. The van der Waals surface area contributed by atoms with Gasteiger partial charge in [-0.3, -0.25) is 0 Å². The number of allylic oxidation sites excluding steroid dienone is 1. The smallest absolute Gasteiger partial charge is 0.0305 e. The largest absolute Gasteiger partial charge is 0.324 e. The molecule has 0 bridgehead atoms. The zero-order valence-electron chi connectivity index (χ0n) is 10.7. The minimum Gasteiger partial charge on any atom is -0.324 e. The SMILES string of the molecule is C=CCCCCCC(N)c1ccccc1SC. The molecule has 2 N–H and O–H groups in total. The third-order valence-electron chi connectivity index (χ3n) is 2.96. The molecule has 1 aromatic carbocycles. The van der Waals surface area contributed by atoms with Crippen molar-refractivity contribution in [1.29, 1.82) is 0 Å². The predicted molar refractivity (Wildman–Crippen MR) is 78.4 cm³/mol. The van der Waals surface area contributed by atoms with E-state index >= 15 is 0 Å². The summed E-state index contributed by atoms with van der Waals surface area (Å²) in [4.78, 5) is 1.31. The van der Waals surface area contributed by atoms with Crippen LogP contribution in [0.25, 0.3) is 0 Å². The fourth-order valence-electron chi connectivity index (χ4n) is 1.96. The first-order valence-electron chi connectivity index (χ1n) is 6.29. The first kappa shape index (κ1) is 14.3. The van der Waals surface area contributed by atoms with Gasteiger partial charge in [0.2, 0.25) is 0 Å². The maximum atomic E-state index is 6.25. The van der Waals surface area contributed by atoms with E-state index in [4.69, 9.17) is 5.73 Å². The minimum absolute atomic E-state index is 0.183. The van der Waals surface area contributed by atoms with Crippen molar-refractivity contribution in [1.82, 2.24) is 0 Å². The van der Waals surface area contributed by atoms with E-state index in [2.05, 4.69) is 37.1 Å². The normalized spacial score (nSPS) is 12.4. The van der Waals surface area contributed by atoms with Gasteiger partial charge in [-0.2, -0.15) is 0 Å². The molecule has 1 nitrogen and oxygen atoms in total. The molecule has 1 atom stereocenters. The number of hydrogen-bond acceptors (Lipinski definition) is 2. The van der Waals surface area contributed by atoms with Crippen molar-refractivity contribution in [2.75, 3.05) is 6.26 Å². The highest BCUT2D eigenvalue weighted by Gasteiger charge is 2.09. The Morgan fingerprint density at radius 1 is 1.29 bits per heavy atom. The molecular formula is C15H23NS. The highest BCUT2D eigenvalue weighted by Crippen LogP contribution is 2.27. The monoisotopic (exact) mass is 249 g/mol. The van der Waals surface area contributed by atoms with Gasteiger partial charge in [-0.15, -0.1) is 18.3 Å². The Hall–Kier alpha value is -0.730. The van der Waals surface area contributed by atoms with Gasteiger partial charge in [0, 0.05) is 10.9 Å². The summed E-state index contributed by atoms with van der Waals surface area (Å²) in [7, 11) is 0. The molecule has 1 unspecified atom stereocenters. The van der Waals surface area contributed by atoms with Crippen LogP contribution in [0.4, 0.5) is 0 Å². The van der Waals surface area contributed by atoms with E-state index < -0.39 is 0 Å². The van der Waals surface area contributed by atoms with Crippen LogP contribution in [0.1, 0.15) is 43.7 Å². The maximum absolute atomic E-state index is 6.25. The van der Waals surface area contributed by atoms with Gasteiger partial charge in [-0.1, -0.05) is 37.1 Å². The second kappa shape index (κ2) is 8.37. The van der Waals surface area contributed by atoms with Gasteiger partial charge < -0.3 is 5.73 Å². The molecule has 1 rings (SSSR count). The van der Waals surface area contributed by atoms with Gasteiger partial charge in [-0.05, 0) is 37.1 Å². The fourth-order valence-corrected chi connectivity index (χ4v) is 2.63. The highest BCUT2D eigenvalue weighted by atomic mass is 32.2. The molecule has 17 heavy (non-hydrogen) atoms. The Kier molecular flexibility index (Phi) is 7.06. The highest BCUT2D eigenvalue weighted by molar-refractivity contribution is 7.98. The Morgan fingerprint density at radius 2 is 2.06 bits per heavy atom. The molecule has 0 saturated heterocycles. The van der Waals surface area contributed by atoms with E-state index in [-0.39, 0.29) is 6.04 Å². The zero-order chi connectivity index (χ0) is 12.5. The number of rotatable bonds is 8. The van der Waals surface area contributed by atoms with E-state index in [0.29, 0.717) is 0 Å². The molecule has 0 aliphatic carbocycles. The molecule has 0 amide bonds. The van der Waals surface area contributed by atoms with Crippen LogP contribution < -0.4 is 5.73 Å². The van der Waals surface area contributed by atoms with Crippen LogP contribution in [0, 0.1) is 0 Å². The molecule has 0 saturated carbocycles. The number of unbranched alkanes of at least 4 members (excludes halogenated alkanes) is 3. The van der Waals surface area contributed by atoms with Crippen molar-refractivity contribution in [3.05, 3.63) is 42.5 Å². The van der Waals surface area contributed by atoms with Crippen LogP contribution >= 0.6 is 11.8 Å². The molecule has 0 aliphatic heterocycles. The first-order valence-corrected chi connectivity index (χ1v) is 7.51. The van der Waals surface area contributed by atoms with Gasteiger partial charge in [0.25, 0.3) is 0 Å². The lowest BCUT2D eigenvalue weighted by molar-refractivity contribution is 0.567. The third-order valence-corrected chi connectivity index (χ3v) is 3.77. The molecule has 2 heteroatoms. The van der Waals surface area contributed by atoms with Crippen LogP contribution in [0.2, 0.25) is 0 Å². The predicted octanol–water partition coefficient (Wildman–Crippen LogP) is 4.54. The average molecular weight is 249 g/mol. The van der Waals surface area contributed by atoms with Gasteiger partial charge in [-0.25, -0.2) is 0 Å². The van der Waals surface area contributed by atoms with Gasteiger partial charge in [0.1, 0.15) is 0 Å². The van der Waals surface area contributed by atoms with Crippen molar-refractivity contribution in [3.8, 4) is 0 Å². The van der Waals surface area contributed by atoms with E-state index in [1.165, 1.54) is 29.7 Å². The van der Waals surface area contributed by atoms with Crippen molar-refractivity contribution in [2.24, 2.45) is 5.73 Å². The van der Waals surface area contributed by atoms with Gasteiger partial charge in [0.15, 0.2) is 0 Å². The van der Waals surface area contributed by atoms with Crippen molar-refractivity contribution in [3.63, 3.8) is 0 Å². The van der Waals surface area contributed by atoms with Crippen LogP contribution in [0.15, 0.2) is 41.8 Å². The maximum Gasteiger partial charge on any atom is 0.0305 e. The summed E-state index contributed by atoms with van der Waals surface area (Å²) < 4.78 is 0. The molecule has 0 fully saturated rings. The van der Waals surface area contributed by atoms with Crippen LogP contribution in [0.3, 0.4) is 0 Å². The molecule has 0 spiro atoms. The van der Waals surface area contributed by atoms with Crippen molar-refractivity contribution < 1.29 is 0 Å². The summed E-state index contributed by atoms with van der Waals surface area (Å²) in [5.74, 6) is 0. The van der Waals surface area contributed by atoms with E-state index in [1.54, 1.807) is 11.8 Å². The van der Waals surface area contributed by atoms with Crippen LogP contribution in [-0.4, -0.2) is 6.26 Å². The fraction of sp³-hybridized carbons (Fsp3) is 0.467. The van der Waals surface area contributed by atoms with Crippen molar-refractivity contribution >= 4 is 11.8 Å². The summed E-state index contributed by atoms with van der Waals surface area (Å²) in [5, 5.41) is 0. The summed E-state index contributed by atoms with van der Waals surface area (Å²) in [6, 6.07) is 8.64. The van der Waals surface area contributed by atoms with Crippen LogP contribution in [-0.2, 0) is 0 Å². The summed E-state index contributed by atoms with van der Waals surface area (Å²) in [6.45, 7) is 3.74. The standard InChI is InChI=1S/C15H23NS/c1-3-4-5-6-7-11-14(16)13-10-8-9-12-15(13)17-2/h3,8-10,12,14H,1,4-7,11,16H2,2H3. The molecule has 94 valence electrons. The number of hydrogen-bond donors (Lipinski definition) is 1. The first-order chi connectivity index (χ1) is 8.29. The third kappa shape index (κ3) is 4.97. The summed E-state index contributed by atoms with van der Waals surface area (Å²) >= 11 is 1.78. The molecule has 0 radical (unpaired) electrons. The number of thioether (sulfide) groups is 1. The summed E-state index contributed by atoms with van der Waals surface area (Å²) in [5.41, 5.74) is 7.55. The topological polar surface area (TPSA) is 26.0 Å². The second-order valence-electron chi connectivity index (χ2n) is 4.28. The lowest BCUT2D eigenvalue weighted by Crippen LogP contribution is -2.11.